The zero-order valence-electron chi connectivity index (χ0n) is 22.8. The monoisotopic (exact) mass is 602 g/mol. The van der Waals surface area contributed by atoms with Gasteiger partial charge in [-0.2, -0.15) is 0 Å². The third-order valence-electron chi connectivity index (χ3n) is 7.20. The number of rotatable bonds is 10. The summed E-state index contributed by atoms with van der Waals surface area (Å²) in [7, 11) is 3.05. The lowest BCUT2D eigenvalue weighted by Crippen LogP contribution is -2.45. The Labute approximate surface area is 247 Å². The molecule has 2 aliphatic heterocycles. The number of ether oxygens (including phenoxy) is 4. The zero-order valence-corrected chi connectivity index (χ0v) is 24.3. The van der Waals surface area contributed by atoms with Gasteiger partial charge in [-0.05, 0) is 30.9 Å². The Balaban J connectivity index is 1.53. The molecular weight excluding hydrogens is 571 g/mol. The number of amides is 1. The molecule has 2 atom stereocenters. The quantitative estimate of drug-likeness (QED) is 0.288. The Morgan fingerprint density at radius 1 is 1.07 bits per heavy atom. The van der Waals surface area contributed by atoms with Gasteiger partial charge in [0.05, 0.1) is 55.3 Å². The van der Waals surface area contributed by atoms with Gasteiger partial charge < -0.3 is 34.9 Å². The molecule has 4 heterocycles. The van der Waals surface area contributed by atoms with Crippen molar-refractivity contribution in [1.82, 2.24) is 20.3 Å². The summed E-state index contributed by atoms with van der Waals surface area (Å²) in [6.07, 6.45) is 4.85. The van der Waals surface area contributed by atoms with Gasteiger partial charge in [-0.25, -0.2) is 15.0 Å². The van der Waals surface area contributed by atoms with Crippen molar-refractivity contribution in [2.24, 2.45) is 5.92 Å². The third kappa shape index (κ3) is 6.43. The first-order valence-corrected chi connectivity index (χ1v) is 14.0. The van der Waals surface area contributed by atoms with E-state index in [1.54, 1.807) is 12.3 Å². The molecule has 3 N–H and O–H groups in total. The largest absolute Gasteiger partial charge is 0.495 e. The Hall–Kier alpha value is -3.38. The molecule has 2 fully saturated rings. The summed E-state index contributed by atoms with van der Waals surface area (Å²) in [6, 6.07) is 3.00. The normalized spacial score (nSPS) is 19.1. The van der Waals surface area contributed by atoms with Crippen LogP contribution in [0.4, 0.5) is 11.8 Å². The van der Waals surface area contributed by atoms with Gasteiger partial charge in [0.2, 0.25) is 11.9 Å². The fraction of sp³-hybridized carbons (Fsp3) is 0.429. The summed E-state index contributed by atoms with van der Waals surface area (Å²) in [5.41, 5.74) is 1.61. The molecule has 41 heavy (non-hydrogen) atoms. The van der Waals surface area contributed by atoms with Gasteiger partial charge in [-0.3, -0.25) is 4.79 Å². The summed E-state index contributed by atoms with van der Waals surface area (Å²) < 4.78 is 22.0. The van der Waals surface area contributed by atoms with E-state index in [1.807, 2.05) is 6.07 Å². The lowest BCUT2D eigenvalue weighted by atomic mass is 10.0. The maximum atomic E-state index is 11.9. The van der Waals surface area contributed by atoms with Gasteiger partial charge in [0.1, 0.15) is 17.0 Å². The molecule has 0 spiro atoms. The molecule has 0 unspecified atom stereocenters. The first-order chi connectivity index (χ1) is 19.9. The van der Waals surface area contributed by atoms with Crippen LogP contribution in [0.5, 0.6) is 11.5 Å². The third-order valence-corrected chi connectivity index (χ3v) is 7.95. The summed E-state index contributed by atoms with van der Waals surface area (Å²) >= 11 is 13.5. The number of carbonyl (C=O) groups is 1. The van der Waals surface area contributed by atoms with Gasteiger partial charge in [-0.1, -0.05) is 29.8 Å². The molecule has 1 amide bonds. The van der Waals surface area contributed by atoms with Gasteiger partial charge in [0, 0.05) is 43.0 Å². The number of nitrogens with one attached hydrogen (secondary N) is 3. The predicted molar refractivity (Wildman–Crippen MR) is 158 cm³/mol. The van der Waals surface area contributed by atoms with E-state index in [0.717, 1.165) is 31.4 Å². The Morgan fingerprint density at radius 2 is 1.78 bits per heavy atom. The average molecular weight is 604 g/mol. The van der Waals surface area contributed by atoms with E-state index in [9.17, 15) is 4.79 Å². The van der Waals surface area contributed by atoms with Gasteiger partial charge in [-0.15, -0.1) is 0 Å². The van der Waals surface area contributed by atoms with Crippen LogP contribution in [0.15, 0.2) is 31.0 Å². The number of hydrogen-bond donors (Lipinski definition) is 3. The molecule has 0 radical (unpaired) electrons. The zero-order chi connectivity index (χ0) is 28.9. The number of aromatic nitrogens is 3. The number of nitrogens with zero attached hydrogens (tertiary/aromatic N) is 3. The minimum absolute atomic E-state index is 0.218. The van der Waals surface area contributed by atoms with Crippen LogP contribution in [0.1, 0.15) is 12.8 Å². The number of carbonyl (C=O) groups excluding carboxylic acids is 1. The van der Waals surface area contributed by atoms with Crippen LogP contribution in [0.25, 0.3) is 22.2 Å². The summed E-state index contributed by atoms with van der Waals surface area (Å²) in [6.45, 7) is 6.44. The highest BCUT2D eigenvalue weighted by Gasteiger charge is 2.30. The molecule has 3 aromatic rings. The molecule has 5 rings (SSSR count). The molecule has 2 aliphatic rings. The van der Waals surface area contributed by atoms with Crippen molar-refractivity contribution in [1.29, 1.82) is 0 Å². The van der Waals surface area contributed by atoms with E-state index >= 15 is 0 Å². The van der Waals surface area contributed by atoms with E-state index in [-0.39, 0.29) is 18.0 Å². The van der Waals surface area contributed by atoms with Crippen LogP contribution in [-0.4, -0.2) is 80.1 Å². The van der Waals surface area contributed by atoms with E-state index in [2.05, 4.69) is 27.5 Å². The fourth-order valence-corrected chi connectivity index (χ4v) is 5.60. The number of halogens is 2. The van der Waals surface area contributed by atoms with Crippen molar-refractivity contribution >= 4 is 51.8 Å². The molecule has 11 nitrogen and oxygen atoms in total. The van der Waals surface area contributed by atoms with Crippen LogP contribution < -0.4 is 25.4 Å². The Kier molecular flexibility index (Phi) is 9.29. The van der Waals surface area contributed by atoms with E-state index in [4.69, 9.17) is 52.1 Å². The Morgan fingerprint density at radius 3 is 2.46 bits per heavy atom. The van der Waals surface area contributed by atoms with Crippen molar-refractivity contribution in [3.63, 3.8) is 0 Å². The van der Waals surface area contributed by atoms with Crippen molar-refractivity contribution in [2.45, 2.75) is 24.9 Å². The molecule has 0 aliphatic carbocycles. The second-order valence-corrected chi connectivity index (χ2v) is 10.6. The maximum Gasteiger partial charge on any atom is 0.243 e. The molecule has 0 saturated carbocycles. The Bertz CT molecular complexity index is 1410. The van der Waals surface area contributed by atoms with E-state index < -0.39 is 0 Å². The van der Waals surface area contributed by atoms with Crippen molar-refractivity contribution < 1.29 is 23.7 Å². The number of methoxy groups -OCH3 is 2. The van der Waals surface area contributed by atoms with E-state index in [0.29, 0.717) is 75.8 Å². The predicted octanol–water partition coefficient (Wildman–Crippen LogP) is 4.34. The molecular formula is C28H32Cl2N6O5. The average Bonchev–Trinajstić information content (AvgIpc) is 3.42. The van der Waals surface area contributed by atoms with Crippen LogP contribution in [0.3, 0.4) is 0 Å². The van der Waals surface area contributed by atoms with E-state index in [1.165, 1.54) is 20.3 Å². The molecule has 13 heteroatoms. The first kappa shape index (κ1) is 29.1. The fourth-order valence-electron chi connectivity index (χ4n) is 4.91. The SMILES string of the molecule is C=CC(=O)N[C@H]1COC[C@H]1Nc1ncc2cc(-c3c(Cl)c(OC)cc(OC)c3Cl)nc(NCC3CCOCC3)c2n1. The summed E-state index contributed by atoms with van der Waals surface area (Å²) in [4.78, 5) is 26.1. The standard InChI is InChI=1S/C28H32Cl2N6O5/c1-4-22(37)33-18-13-41-14-19(18)35-28-32-12-16-9-17(23-24(29)20(38-2)10-21(39-3)25(23)30)34-27(26(16)36-28)31-11-15-5-7-40-8-6-15/h4,9-10,12,15,18-19H,1,5-8,11,13-14H2,2-3H3,(H,31,34)(H,33,37)(H,32,35,36)/t18-,19+/m0/s1. The summed E-state index contributed by atoms with van der Waals surface area (Å²) in [5, 5.41) is 11.0. The van der Waals surface area contributed by atoms with Crippen molar-refractivity contribution in [3.8, 4) is 22.8 Å². The number of benzene rings is 1. The number of hydrogen-bond acceptors (Lipinski definition) is 10. The van der Waals surface area contributed by atoms with Gasteiger partial charge in [0.25, 0.3) is 0 Å². The molecule has 2 saturated heterocycles. The van der Waals surface area contributed by atoms with Gasteiger partial charge >= 0.3 is 0 Å². The second-order valence-electron chi connectivity index (χ2n) is 9.82. The molecule has 0 bridgehead atoms. The highest BCUT2D eigenvalue weighted by Crippen LogP contribution is 2.46. The lowest BCUT2D eigenvalue weighted by molar-refractivity contribution is -0.117. The van der Waals surface area contributed by atoms with Crippen LogP contribution in [0, 0.1) is 5.92 Å². The first-order valence-electron chi connectivity index (χ1n) is 13.3. The molecule has 2 aromatic heterocycles. The summed E-state index contributed by atoms with van der Waals surface area (Å²) in [5.74, 6) is 1.92. The van der Waals surface area contributed by atoms with Crippen molar-refractivity contribution in [3.05, 3.63) is 41.0 Å². The second kappa shape index (κ2) is 13.1. The minimum atomic E-state index is -0.269. The smallest absolute Gasteiger partial charge is 0.243 e. The topological polar surface area (TPSA) is 129 Å². The number of fused-ring (bicyclic) bond motifs is 1. The number of pyridine rings is 1. The van der Waals surface area contributed by atoms with Crippen LogP contribution in [-0.2, 0) is 14.3 Å². The molecule has 1 aromatic carbocycles. The number of anilines is 2. The maximum absolute atomic E-state index is 11.9. The highest BCUT2D eigenvalue weighted by atomic mass is 35.5. The van der Waals surface area contributed by atoms with Gasteiger partial charge in [0.15, 0.2) is 5.82 Å². The lowest BCUT2D eigenvalue weighted by Gasteiger charge is -2.23. The van der Waals surface area contributed by atoms with Crippen LogP contribution in [0.2, 0.25) is 10.0 Å². The van der Waals surface area contributed by atoms with Crippen molar-refractivity contribution in [2.75, 3.05) is 57.8 Å². The minimum Gasteiger partial charge on any atom is -0.495 e. The molecule has 218 valence electrons. The van der Waals surface area contributed by atoms with Crippen LogP contribution >= 0.6 is 23.2 Å². The highest BCUT2D eigenvalue weighted by molar-refractivity contribution is 6.41.